The SMILES string of the molecule is CC1CC(=O)N(C(=O)N(C)C)CC1c1nc(NCc2ccc(C(=N)N)cc2)n[nH]1. The minimum Gasteiger partial charge on any atom is -0.384 e. The first kappa shape index (κ1) is 20.3. The van der Waals surface area contributed by atoms with Crippen molar-refractivity contribution in [2.45, 2.75) is 25.8 Å². The largest absolute Gasteiger partial charge is 0.384 e. The second-order valence-corrected chi connectivity index (χ2v) is 7.48. The van der Waals surface area contributed by atoms with Gasteiger partial charge in [-0.2, -0.15) is 4.98 Å². The first-order chi connectivity index (χ1) is 13.8. The van der Waals surface area contributed by atoms with Crippen molar-refractivity contribution in [2.75, 3.05) is 26.0 Å². The number of likely N-dealkylation sites (tertiary alicyclic amines) is 1. The Bertz CT molecular complexity index is 905. The van der Waals surface area contributed by atoms with Gasteiger partial charge in [0.25, 0.3) is 0 Å². The van der Waals surface area contributed by atoms with Gasteiger partial charge in [0.15, 0.2) is 0 Å². The molecule has 1 aliphatic heterocycles. The lowest BCUT2D eigenvalue weighted by molar-refractivity contribution is -0.132. The molecule has 2 aromatic rings. The van der Waals surface area contributed by atoms with Crippen LogP contribution in [0.25, 0.3) is 0 Å². The Labute approximate surface area is 169 Å². The number of amidine groups is 1. The molecule has 3 rings (SSSR count). The topological polar surface area (TPSA) is 144 Å². The Hall–Kier alpha value is -3.43. The molecule has 5 N–H and O–H groups in total. The molecule has 0 saturated carbocycles. The van der Waals surface area contributed by atoms with Crippen LogP contribution >= 0.6 is 0 Å². The van der Waals surface area contributed by atoms with Crippen molar-refractivity contribution in [3.63, 3.8) is 0 Å². The Morgan fingerprint density at radius 1 is 1.38 bits per heavy atom. The van der Waals surface area contributed by atoms with E-state index in [0.29, 0.717) is 23.9 Å². The van der Waals surface area contributed by atoms with E-state index >= 15 is 0 Å². The van der Waals surface area contributed by atoms with E-state index in [2.05, 4.69) is 20.5 Å². The molecular weight excluding hydrogens is 372 g/mol. The second kappa shape index (κ2) is 8.29. The number of piperidine rings is 1. The van der Waals surface area contributed by atoms with Crippen LogP contribution < -0.4 is 11.1 Å². The van der Waals surface area contributed by atoms with E-state index < -0.39 is 0 Å². The lowest BCUT2D eigenvalue weighted by Gasteiger charge is -2.35. The van der Waals surface area contributed by atoms with Crippen LogP contribution in [0.3, 0.4) is 0 Å². The first-order valence-corrected chi connectivity index (χ1v) is 9.37. The van der Waals surface area contributed by atoms with Crippen LogP contribution in [0.2, 0.25) is 0 Å². The van der Waals surface area contributed by atoms with Gasteiger partial charge in [-0.3, -0.25) is 20.2 Å². The second-order valence-electron chi connectivity index (χ2n) is 7.48. The number of urea groups is 1. The van der Waals surface area contributed by atoms with Crippen molar-refractivity contribution in [2.24, 2.45) is 11.7 Å². The molecule has 1 fully saturated rings. The predicted molar refractivity (Wildman–Crippen MR) is 108 cm³/mol. The monoisotopic (exact) mass is 398 g/mol. The van der Waals surface area contributed by atoms with Gasteiger partial charge in [-0.15, -0.1) is 5.10 Å². The third-order valence-corrected chi connectivity index (χ3v) is 5.05. The Morgan fingerprint density at radius 3 is 2.69 bits per heavy atom. The van der Waals surface area contributed by atoms with Crippen LogP contribution in [0.15, 0.2) is 24.3 Å². The fourth-order valence-electron chi connectivity index (χ4n) is 3.29. The summed E-state index contributed by atoms with van der Waals surface area (Å²) in [6.07, 6.45) is 0.288. The minimum atomic E-state index is -0.321. The molecule has 1 saturated heterocycles. The molecular formula is C19H26N8O2. The van der Waals surface area contributed by atoms with E-state index in [1.165, 1.54) is 9.80 Å². The molecule has 29 heavy (non-hydrogen) atoms. The van der Waals surface area contributed by atoms with Gasteiger partial charge in [-0.05, 0) is 11.5 Å². The van der Waals surface area contributed by atoms with E-state index in [9.17, 15) is 9.59 Å². The van der Waals surface area contributed by atoms with Crippen molar-refractivity contribution in [1.82, 2.24) is 25.0 Å². The molecule has 0 radical (unpaired) electrons. The fraction of sp³-hybridized carbons (Fsp3) is 0.421. The number of nitrogens with two attached hydrogens (primary N) is 1. The van der Waals surface area contributed by atoms with Crippen LogP contribution in [0.5, 0.6) is 0 Å². The number of nitrogens with one attached hydrogen (secondary N) is 3. The summed E-state index contributed by atoms with van der Waals surface area (Å²) in [5.41, 5.74) is 7.14. The summed E-state index contributed by atoms with van der Waals surface area (Å²) in [5.74, 6) is 0.911. The number of H-pyrrole nitrogens is 1. The number of nitrogens with zero attached hydrogens (tertiary/aromatic N) is 4. The molecule has 2 atom stereocenters. The summed E-state index contributed by atoms with van der Waals surface area (Å²) in [7, 11) is 3.25. The highest BCUT2D eigenvalue weighted by atomic mass is 16.2. The van der Waals surface area contributed by atoms with Crippen molar-refractivity contribution in [3.8, 4) is 0 Å². The van der Waals surface area contributed by atoms with Gasteiger partial charge in [-0.25, -0.2) is 4.79 Å². The molecule has 0 bridgehead atoms. The lowest BCUT2D eigenvalue weighted by atomic mass is 9.86. The van der Waals surface area contributed by atoms with Crippen molar-refractivity contribution >= 4 is 23.7 Å². The lowest BCUT2D eigenvalue weighted by Crippen LogP contribution is -2.49. The zero-order valence-electron chi connectivity index (χ0n) is 16.8. The smallest absolute Gasteiger partial charge is 0.326 e. The Morgan fingerprint density at radius 2 is 2.07 bits per heavy atom. The molecule has 1 aliphatic rings. The van der Waals surface area contributed by atoms with Crippen molar-refractivity contribution in [3.05, 3.63) is 41.2 Å². The maximum absolute atomic E-state index is 12.3. The van der Waals surface area contributed by atoms with Crippen molar-refractivity contribution in [1.29, 1.82) is 5.41 Å². The van der Waals surface area contributed by atoms with Crippen LogP contribution in [-0.2, 0) is 11.3 Å². The summed E-state index contributed by atoms with van der Waals surface area (Å²) in [4.78, 5) is 31.7. The van der Waals surface area contributed by atoms with E-state index in [1.807, 2.05) is 19.1 Å². The number of aromatic amines is 1. The van der Waals surface area contributed by atoms with Gasteiger partial charge in [0, 0.05) is 45.1 Å². The molecule has 2 heterocycles. The van der Waals surface area contributed by atoms with E-state index in [1.54, 1.807) is 26.2 Å². The van der Waals surface area contributed by atoms with Gasteiger partial charge < -0.3 is 16.0 Å². The maximum atomic E-state index is 12.3. The third-order valence-electron chi connectivity index (χ3n) is 5.05. The molecule has 154 valence electrons. The number of hydrogen-bond donors (Lipinski definition) is 4. The number of carbonyl (C=O) groups excluding carboxylic acids is 2. The number of imide groups is 1. The van der Waals surface area contributed by atoms with Crippen LogP contribution in [-0.4, -0.2) is 63.4 Å². The number of nitrogen functional groups attached to an aromatic ring is 1. The molecule has 2 unspecified atom stereocenters. The molecule has 0 aliphatic carbocycles. The Balaban J connectivity index is 1.66. The average Bonchev–Trinajstić information content (AvgIpc) is 3.15. The molecule has 10 heteroatoms. The number of benzene rings is 1. The quantitative estimate of drug-likeness (QED) is 0.442. The number of carbonyl (C=O) groups is 2. The third kappa shape index (κ3) is 4.53. The van der Waals surface area contributed by atoms with Gasteiger partial charge in [0.05, 0.1) is 0 Å². The summed E-state index contributed by atoms with van der Waals surface area (Å²) in [6.45, 7) is 2.77. The maximum Gasteiger partial charge on any atom is 0.326 e. The predicted octanol–water partition coefficient (Wildman–Crippen LogP) is 1.33. The molecule has 1 aromatic carbocycles. The number of hydrogen-bond acceptors (Lipinski definition) is 6. The Kier molecular flexibility index (Phi) is 5.81. The van der Waals surface area contributed by atoms with Gasteiger partial charge >= 0.3 is 6.03 Å². The number of anilines is 1. The molecule has 3 amide bonds. The van der Waals surface area contributed by atoms with Crippen LogP contribution in [0.1, 0.15) is 36.2 Å². The first-order valence-electron chi connectivity index (χ1n) is 9.37. The number of rotatable bonds is 5. The minimum absolute atomic E-state index is 0.0324. The highest BCUT2D eigenvalue weighted by Crippen LogP contribution is 2.31. The summed E-state index contributed by atoms with van der Waals surface area (Å²) < 4.78 is 0. The highest BCUT2D eigenvalue weighted by molar-refractivity contribution is 5.95. The average molecular weight is 398 g/mol. The van der Waals surface area contributed by atoms with E-state index in [4.69, 9.17) is 11.1 Å². The van der Waals surface area contributed by atoms with E-state index in [-0.39, 0.29) is 42.6 Å². The molecule has 1 aromatic heterocycles. The van der Waals surface area contributed by atoms with Gasteiger partial charge in [0.1, 0.15) is 11.7 Å². The van der Waals surface area contributed by atoms with Crippen LogP contribution in [0.4, 0.5) is 10.7 Å². The molecule has 10 nitrogen and oxygen atoms in total. The van der Waals surface area contributed by atoms with E-state index in [0.717, 1.165) is 5.56 Å². The highest BCUT2D eigenvalue weighted by Gasteiger charge is 2.37. The summed E-state index contributed by atoms with van der Waals surface area (Å²) in [5, 5.41) is 17.7. The van der Waals surface area contributed by atoms with Crippen LogP contribution in [0, 0.1) is 11.3 Å². The standard InChI is InChI=1S/C19H26N8O2/c1-11-8-15(28)27(19(29)26(2)3)10-14(11)17-23-18(25-24-17)22-9-12-4-6-13(7-5-12)16(20)21/h4-7,11,14H,8-10H2,1-3H3,(H3,20,21)(H2,22,23,24,25). The number of amides is 3. The zero-order valence-corrected chi connectivity index (χ0v) is 16.8. The summed E-state index contributed by atoms with van der Waals surface area (Å²) >= 11 is 0. The molecule has 0 spiro atoms. The van der Waals surface area contributed by atoms with Gasteiger partial charge in [0.2, 0.25) is 11.9 Å². The zero-order chi connectivity index (χ0) is 21.1. The fourth-order valence-corrected chi connectivity index (χ4v) is 3.29. The summed E-state index contributed by atoms with van der Waals surface area (Å²) in [6, 6.07) is 7.03. The van der Waals surface area contributed by atoms with Crippen molar-refractivity contribution < 1.29 is 9.59 Å². The number of aromatic nitrogens is 3. The van der Waals surface area contributed by atoms with Gasteiger partial charge in [-0.1, -0.05) is 31.2 Å². The normalized spacial score (nSPS) is 19.1.